The Labute approximate surface area is 141 Å². The van der Waals surface area contributed by atoms with Crippen molar-refractivity contribution in [3.8, 4) is 0 Å². The van der Waals surface area contributed by atoms with E-state index in [1.807, 2.05) is 32.0 Å². The van der Waals surface area contributed by atoms with Crippen LogP contribution in [0.3, 0.4) is 0 Å². The van der Waals surface area contributed by atoms with Gasteiger partial charge < -0.3 is 15.5 Å². The van der Waals surface area contributed by atoms with E-state index in [0.29, 0.717) is 6.54 Å². The largest absolute Gasteiger partial charge is 0.356 e. The van der Waals surface area contributed by atoms with Crippen LogP contribution in [0.15, 0.2) is 30.4 Å². The van der Waals surface area contributed by atoms with Crippen LogP contribution < -0.4 is 15.5 Å². The number of rotatable bonds is 5. The third-order valence-electron chi connectivity index (χ3n) is 4.21. The van der Waals surface area contributed by atoms with E-state index in [9.17, 15) is 14.4 Å². The summed E-state index contributed by atoms with van der Waals surface area (Å²) in [6.07, 6.45) is 3.15. The van der Waals surface area contributed by atoms with Gasteiger partial charge in [0.2, 0.25) is 17.7 Å². The van der Waals surface area contributed by atoms with Gasteiger partial charge in [-0.25, -0.2) is 0 Å². The van der Waals surface area contributed by atoms with Gasteiger partial charge in [0.1, 0.15) is 0 Å². The van der Waals surface area contributed by atoms with Crippen molar-refractivity contribution in [3.63, 3.8) is 0 Å². The summed E-state index contributed by atoms with van der Waals surface area (Å²) >= 11 is 0. The van der Waals surface area contributed by atoms with Crippen LogP contribution in [0.25, 0.3) is 0 Å². The van der Waals surface area contributed by atoms with Crippen molar-refractivity contribution >= 4 is 23.4 Å². The molecule has 0 saturated carbocycles. The zero-order valence-corrected chi connectivity index (χ0v) is 14.3. The van der Waals surface area contributed by atoms with Crippen LogP contribution in [-0.4, -0.2) is 37.9 Å². The van der Waals surface area contributed by atoms with Gasteiger partial charge in [0.05, 0.1) is 5.92 Å². The number of benzene rings is 1. The van der Waals surface area contributed by atoms with Crippen molar-refractivity contribution in [1.82, 2.24) is 10.6 Å². The molecule has 0 bridgehead atoms. The molecule has 1 aliphatic rings. The van der Waals surface area contributed by atoms with Crippen LogP contribution in [0.5, 0.6) is 0 Å². The lowest BCUT2D eigenvalue weighted by molar-refractivity contribution is -0.126. The van der Waals surface area contributed by atoms with Gasteiger partial charge in [-0.2, -0.15) is 0 Å². The third-order valence-corrected chi connectivity index (χ3v) is 4.21. The molecule has 0 aliphatic carbocycles. The Hall–Kier alpha value is -2.63. The molecule has 0 radical (unpaired) electrons. The standard InChI is InChI=1S/C18H23N3O3/c1-12-6-7-15(9-13(12)2)21-11-14(10-17(21)23)18(24)20-8-4-5-16(22)19-3/h4-7,9,14H,8,10-11H2,1-3H3,(H,19,22)(H,20,24). The highest BCUT2D eigenvalue weighted by Crippen LogP contribution is 2.26. The minimum absolute atomic E-state index is 0.0423. The molecule has 1 unspecified atom stereocenters. The number of nitrogens with one attached hydrogen (secondary N) is 2. The summed E-state index contributed by atoms with van der Waals surface area (Å²) in [5.74, 6) is -0.802. The van der Waals surface area contributed by atoms with E-state index in [2.05, 4.69) is 10.6 Å². The first-order chi connectivity index (χ1) is 11.4. The van der Waals surface area contributed by atoms with Crippen LogP contribution in [0, 0.1) is 19.8 Å². The van der Waals surface area contributed by atoms with E-state index >= 15 is 0 Å². The average molecular weight is 329 g/mol. The molecule has 6 nitrogen and oxygen atoms in total. The number of amides is 3. The zero-order chi connectivity index (χ0) is 17.7. The van der Waals surface area contributed by atoms with Gasteiger partial charge >= 0.3 is 0 Å². The summed E-state index contributed by atoms with van der Waals surface area (Å²) in [7, 11) is 1.54. The van der Waals surface area contributed by atoms with Gasteiger partial charge in [0.25, 0.3) is 0 Å². The molecule has 2 N–H and O–H groups in total. The van der Waals surface area contributed by atoms with Crippen molar-refractivity contribution in [3.05, 3.63) is 41.5 Å². The molecule has 3 amide bonds. The van der Waals surface area contributed by atoms with Crippen LogP contribution in [-0.2, 0) is 14.4 Å². The molecule has 1 saturated heterocycles. The predicted octanol–water partition coefficient (Wildman–Crippen LogP) is 1.07. The number of hydrogen-bond acceptors (Lipinski definition) is 3. The van der Waals surface area contributed by atoms with Gasteiger partial charge in [-0.1, -0.05) is 12.1 Å². The first-order valence-electron chi connectivity index (χ1n) is 7.96. The minimum Gasteiger partial charge on any atom is -0.356 e. The second-order valence-corrected chi connectivity index (χ2v) is 5.94. The van der Waals surface area contributed by atoms with E-state index in [4.69, 9.17) is 0 Å². The van der Waals surface area contributed by atoms with Crippen molar-refractivity contribution in [1.29, 1.82) is 0 Å². The fourth-order valence-electron chi connectivity index (χ4n) is 2.58. The molecule has 0 aromatic heterocycles. The summed E-state index contributed by atoms with van der Waals surface area (Å²) in [6, 6.07) is 5.86. The van der Waals surface area contributed by atoms with Crippen molar-refractivity contribution in [2.75, 3.05) is 25.0 Å². The molecule has 1 aliphatic heterocycles. The van der Waals surface area contributed by atoms with E-state index in [1.165, 1.54) is 18.7 Å². The van der Waals surface area contributed by atoms with Crippen molar-refractivity contribution in [2.45, 2.75) is 20.3 Å². The lowest BCUT2D eigenvalue weighted by Gasteiger charge is -2.18. The van der Waals surface area contributed by atoms with Crippen LogP contribution in [0.4, 0.5) is 5.69 Å². The first kappa shape index (κ1) is 17.7. The molecule has 128 valence electrons. The highest BCUT2D eigenvalue weighted by atomic mass is 16.2. The average Bonchev–Trinajstić information content (AvgIpc) is 2.95. The number of carbonyl (C=O) groups excluding carboxylic acids is 3. The number of carbonyl (C=O) groups is 3. The quantitative estimate of drug-likeness (QED) is 0.793. The van der Waals surface area contributed by atoms with Crippen molar-refractivity contribution < 1.29 is 14.4 Å². The number of likely N-dealkylation sites (N-methyl/N-ethyl adjacent to an activating group) is 1. The summed E-state index contributed by atoms with van der Waals surface area (Å²) in [5, 5.41) is 5.19. The molecule has 1 aromatic carbocycles. The summed E-state index contributed by atoms with van der Waals surface area (Å²) in [6.45, 7) is 4.67. The molecule has 1 aromatic rings. The fraction of sp³-hybridized carbons (Fsp3) is 0.389. The maximum Gasteiger partial charge on any atom is 0.243 e. The monoisotopic (exact) mass is 329 g/mol. The Morgan fingerprint density at radius 1 is 1.29 bits per heavy atom. The maximum atomic E-state index is 12.2. The summed E-state index contributed by atoms with van der Waals surface area (Å²) in [4.78, 5) is 37.1. The lowest BCUT2D eigenvalue weighted by Crippen LogP contribution is -2.33. The molecule has 1 fully saturated rings. The van der Waals surface area contributed by atoms with Crippen LogP contribution in [0.2, 0.25) is 0 Å². The van der Waals surface area contributed by atoms with E-state index in [-0.39, 0.29) is 36.6 Å². The molecule has 1 heterocycles. The van der Waals surface area contributed by atoms with Gasteiger partial charge in [0.15, 0.2) is 0 Å². The van der Waals surface area contributed by atoms with Gasteiger partial charge in [0, 0.05) is 38.3 Å². The molecule has 6 heteroatoms. The maximum absolute atomic E-state index is 12.2. The second-order valence-electron chi connectivity index (χ2n) is 5.94. The third kappa shape index (κ3) is 4.22. The number of aryl methyl sites for hydroxylation is 2. The highest BCUT2D eigenvalue weighted by Gasteiger charge is 2.34. The predicted molar refractivity (Wildman–Crippen MR) is 92.6 cm³/mol. The van der Waals surface area contributed by atoms with Crippen molar-refractivity contribution in [2.24, 2.45) is 5.92 Å². The number of nitrogens with zero attached hydrogens (tertiary/aromatic N) is 1. The normalized spacial score (nSPS) is 17.4. The fourth-order valence-corrected chi connectivity index (χ4v) is 2.58. The molecular weight excluding hydrogens is 306 g/mol. The zero-order valence-electron chi connectivity index (χ0n) is 14.3. The Kier molecular flexibility index (Phi) is 5.73. The van der Waals surface area contributed by atoms with E-state index in [0.717, 1.165) is 11.3 Å². The number of anilines is 1. The molecule has 1 atom stereocenters. The molecule has 0 spiro atoms. The van der Waals surface area contributed by atoms with E-state index < -0.39 is 0 Å². The van der Waals surface area contributed by atoms with E-state index in [1.54, 1.807) is 11.0 Å². The Morgan fingerprint density at radius 3 is 2.71 bits per heavy atom. The smallest absolute Gasteiger partial charge is 0.243 e. The molecular formula is C18H23N3O3. The molecule has 2 rings (SSSR count). The highest BCUT2D eigenvalue weighted by molar-refractivity contribution is 6.00. The van der Waals surface area contributed by atoms with Crippen LogP contribution in [0.1, 0.15) is 17.5 Å². The molecule has 24 heavy (non-hydrogen) atoms. The van der Waals surface area contributed by atoms with Gasteiger partial charge in [-0.05, 0) is 37.1 Å². The first-order valence-corrected chi connectivity index (χ1v) is 7.96. The number of hydrogen-bond donors (Lipinski definition) is 2. The van der Waals surface area contributed by atoms with Gasteiger partial charge in [-0.3, -0.25) is 14.4 Å². The SMILES string of the molecule is CNC(=O)C=CCNC(=O)C1CC(=O)N(c2ccc(C)c(C)c2)C1. The Morgan fingerprint density at radius 2 is 2.04 bits per heavy atom. The lowest BCUT2D eigenvalue weighted by atomic mass is 10.1. The minimum atomic E-state index is -0.368. The Bertz CT molecular complexity index is 682. The van der Waals surface area contributed by atoms with Crippen LogP contribution >= 0.6 is 0 Å². The Balaban J connectivity index is 1.93. The van der Waals surface area contributed by atoms with Gasteiger partial charge in [-0.15, -0.1) is 0 Å². The second kappa shape index (κ2) is 7.77. The summed E-state index contributed by atoms with van der Waals surface area (Å²) in [5.41, 5.74) is 3.12. The topological polar surface area (TPSA) is 78.5 Å². The summed E-state index contributed by atoms with van der Waals surface area (Å²) < 4.78 is 0.